The molecule has 34 heavy (non-hydrogen) atoms. The second kappa shape index (κ2) is 8.72. The van der Waals surface area contributed by atoms with Gasteiger partial charge in [-0.1, -0.05) is 12.1 Å². The highest BCUT2D eigenvalue weighted by Gasteiger charge is 2.42. The number of anilines is 1. The van der Waals surface area contributed by atoms with Crippen molar-refractivity contribution in [3.63, 3.8) is 0 Å². The number of aryl methyl sites for hydroxylation is 2. The fourth-order valence-corrected chi connectivity index (χ4v) is 4.56. The monoisotopic (exact) mass is 470 g/mol. The summed E-state index contributed by atoms with van der Waals surface area (Å²) >= 11 is 5.77. The number of thiocarbonyl (C=S) groups is 1. The topological polar surface area (TPSA) is 84.4 Å². The molecule has 0 unspecified atom stereocenters. The number of nitrogens with one attached hydrogen (secondary N) is 1. The Balaban J connectivity index is 1.57. The molecule has 0 saturated carbocycles. The fourth-order valence-electron chi connectivity index (χ4n) is 4.21. The molecule has 7 nitrogen and oxygen atoms in total. The van der Waals surface area contributed by atoms with Gasteiger partial charge in [0.1, 0.15) is 17.6 Å². The van der Waals surface area contributed by atoms with Crippen LogP contribution in [0.3, 0.4) is 0 Å². The van der Waals surface area contributed by atoms with E-state index in [-0.39, 0.29) is 17.8 Å². The number of nitrogens with zero attached hydrogens (tertiary/aromatic N) is 3. The third kappa shape index (κ3) is 3.92. The van der Waals surface area contributed by atoms with Crippen molar-refractivity contribution in [1.82, 2.24) is 10.3 Å². The van der Waals surface area contributed by atoms with Crippen molar-refractivity contribution in [3.05, 3.63) is 112 Å². The number of nitro groups is 1. The van der Waals surface area contributed by atoms with Crippen LogP contribution in [0.15, 0.2) is 83.4 Å². The number of nitro benzene ring substituents is 1. The average Bonchev–Trinajstić information content (AvgIpc) is 3.46. The SMILES string of the molecule is Cc1ccc(N2C(=S)N[C@H](c3ccccn3)[C@@H]2c2ccc(-c3ccc([N+](=O)[O-])cc3)o2)cc1C. The van der Waals surface area contributed by atoms with E-state index in [0.29, 0.717) is 10.9 Å². The fraction of sp³-hybridized carbons (Fsp3) is 0.154. The zero-order valence-electron chi connectivity index (χ0n) is 18.6. The molecule has 0 radical (unpaired) electrons. The Hall–Kier alpha value is -4.04. The van der Waals surface area contributed by atoms with E-state index in [4.69, 9.17) is 16.6 Å². The number of non-ortho nitro benzene ring substituents is 1. The first-order chi connectivity index (χ1) is 16.4. The molecule has 2 aromatic heterocycles. The second-order valence-electron chi connectivity index (χ2n) is 8.27. The lowest BCUT2D eigenvalue weighted by molar-refractivity contribution is -0.384. The molecule has 1 fully saturated rings. The molecule has 1 aliphatic rings. The van der Waals surface area contributed by atoms with Crippen LogP contribution in [0.25, 0.3) is 11.3 Å². The molecule has 0 spiro atoms. The van der Waals surface area contributed by atoms with Gasteiger partial charge in [-0.15, -0.1) is 0 Å². The first kappa shape index (κ1) is 21.8. The van der Waals surface area contributed by atoms with E-state index in [0.717, 1.165) is 22.7 Å². The lowest BCUT2D eigenvalue weighted by Crippen LogP contribution is -2.29. The zero-order chi connectivity index (χ0) is 23.8. The molecule has 3 heterocycles. The van der Waals surface area contributed by atoms with Crippen LogP contribution in [0.2, 0.25) is 0 Å². The van der Waals surface area contributed by atoms with Crippen molar-refractivity contribution >= 4 is 28.7 Å². The number of hydrogen-bond acceptors (Lipinski definition) is 5. The number of hydrogen-bond donors (Lipinski definition) is 1. The van der Waals surface area contributed by atoms with Crippen LogP contribution in [0.4, 0.5) is 11.4 Å². The van der Waals surface area contributed by atoms with Crippen molar-refractivity contribution in [2.45, 2.75) is 25.9 Å². The third-order valence-corrected chi connectivity index (χ3v) is 6.46. The summed E-state index contributed by atoms with van der Waals surface area (Å²) in [4.78, 5) is 17.2. The number of aromatic nitrogens is 1. The van der Waals surface area contributed by atoms with Gasteiger partial charge in [0.2, 0.25) is 0 Å². The van der Waals surface area contributed by atoms with Crippen molar-refractivity contribution < 1.29 is 9.34 Å². The predicted octanol–water partition coefficient (Wildman–Crippen LogP) is 6.04. The van der Waals surface area contributed by atoms with E-state index in [1.165, 1.54) is 23.3 Å². The van der Waals surface area contributed by atoms with E-state index in [1.807, 2.05) is 30.3 Å². The van der Waals surface area contributed by atoms with Gasteiger partial charge in [-0.3, -0.25) is 15.1 Å². The van der Waals surface area contributed by atoms with Crippen LogP contribution in [0, 0.1) is 24.0 Å². The minimum atomic E-state index is -0.415. The summed E-state index contributed by atoms with van der Waals surface area (Å²) in [6.07, 6.45) is 1.76. The minimum absolute atomic E-state index is 0.0389. The third-order valence-electron chi connectivity index (χ3n) is 6.15. The first-order valence-electron chi connectivity index (χ1n) is 10.8. The maximum atomic E-state index is 11.0. The Kier molecular flexibility index (Phi) is 5.59. The van der Waals surface area contributed by atoms with Gasteiger partial charge in [-0.2, -0.15) is 0 Å². The molecule has 0 amide bonds. The summed E-state index contributed by atoms with van der Waals surface area (Å²) in [7, 11) is 0. The summed E-state index contributed by atoms with van der Waals surface area (Å²) in [6, 6.07) is 21.7. The van der Waals surface area contributed by atoms with E-state index in [2.05, 4.69) is 47.2 Å². The van der Waals surface area contributed by atoms with Gasteiger partial charge in [0.05, 0.1) is 16.7 Å². The van der Waals surface area contributed by atoms with Crippen molar-refractivity contribution in [2.24, 2.45) is 0 Å². The molecular weight excluding hydrogens is 448 g/mol. The summed E-state index contributed by atoms with van der Waals surface area (Å²) < 4.78 is 6.32. The highest BCUT2D eigenvalue weighted by atomic mass is 32.1. The average molecular weight is 471 g/mol. The molecule has 1 aliphatic heterocycles. The van der Waals surface area contributed by atoms with Gasteiger partial charge in [0.25, 0.3) is 5.69 Å². The Bertz CT molecular complexity index is 1370. The summed E-state index contributed by atoms with van der Waals surface area (Å²) in [5, 5.41) is 15.0. The van der Waals surface area contributed by atoms with Crippen LogP contribution in [0.1, 0.15) is 34.7 Å². The molecule has 2 atom stereocenters. The van der Waals surface area contributed by atoms with Crippen LogP contribution >= 0.6 is 12.2 Å². The van der Waals surface area contributed by atoms with Crippen molar-refractivity contribution in [3.8, 4) is 11.3 Å². The molecular formula is C26H22N4O3S. The number of benzene rings is 2. The number of rotatable bonds is 5. The van der Waals surface area contributed by atoms with E-state index < -0.39 is 4.92 Å². The lowest BCUT2D eigenvalue weighted by Gasteiger charge is -2.26. The summed E-state index contributed by atoms with van der Waals surface area (Å²) in [5.41, 5.74) is 5.01. The molecule has 170 valence electrons. The standard InChI is InChI=1S/C26H22N4O3S/c1-16-6-9-20(15-17(16)2)29-25(24(28-26(29)34)21-5-3-4-14-27-21)23-13-12-22(33-23)18-7-10-19(11-8-18)30(31)32/h3-15,24-25H,1-2H3,(H,28,34)/t24-,25+/m1/s1. The molecule has 4 aromatic rings. The zero-order valence-corrected chi connectivity index (χ0v) is 19.5. The van der Waals surface area contributed by atoms with Crippen molar-refractivity contribution in [1.29, 1.82) is 0 Å². The molecule has 0 aliphatic carbocycles. The van der Waals surface area contributed by atoms with Crippen LogP contribution in [-0.4, -0.2) is 15.0 Å². The van der Waals surface area contributed by atoms with Gasteiger partial charge in [0.15, 0.2) is 5.11 Å². The lowest BCUT2D eigenvalue weighted by atomic mass is 10.0. The van der Waals surface area contributed by atoms with Gasteiger partial charge < -0.3 is 14.6 Å². The first-order valence-corrected chi connectivity index (χ1v) is 11.3. The minimum Gasteiger partial charge on any atom is -0.459 e. The summed E-state index contributed by atoms with van der Waals surface area (Å²) in [6.45, 7) is 4.16. The molecule has 1 N–H and O–H groups in total. The normalized spacial score (nSPS) is 17.6. The Morgan fingerprint density at radius 3 is 2.50 bits per heavy atom. The van der Waals surface area contributed by atoms with E-state index >= 15 is 0 Å². The number of pyridine rings is 1. The van der Waals surface area contributed by atoms with E-state index in [9.17, 15) is 10.1 Å². The Morgan fingerprint density at radius 1 is 1.03 bits per heavy atom. The maximum Gasteiger partial charge on any atom is 0.269 e. The quantitative estimate of drug-likeness (QED) is 0.216. The summed E-state index contributed by atoms with van der Waals surface area (Å²) in [5.74, 6) is 1.34. The van der Waals surface area contributed by atoms with Crippen LogP contribution in [0.5, 0.6) is 0 Å². The second-order valence-corrected chi connectivity index (χ2v) is 8.66. The highest BCUT2D eigenvalue weighted by Crippen LogP contribution is 2.43. The van der Waals surface area contributed by atoms with Crippen molar-refractivity contribution in [2.75, 3.05) is 4.90 Å². The molecule has 5 rings (SSSR count). The largest absolute Gasteiger partial charge is 0.459 e. The highest BCUT2D eigenvalue weighted by molar-refractivity contribution is 7.80. The predicted molar refractivity (Wildman–Crippen MR) is 135 cm³/mol. The van der Waals surface area contributed by atoms with E-state index in [1.54, 1.807) is 18.3 Å². The number of furan rings is 1. The Labute approximate surface area is 202 Å². The van der Waals surface area contributed by atoms with Gasteiger partial charge >= 0.3 is 0 Å². The van der Waals surface area contributed by atoms with Crippen LogP contribution < -0.4 is 10.2 Å². The van der Waals surface area contributed by atoms with Gasteiger partial charge in [0, 0.05) is 29.6 Å². The molecule has 8 heteroatoms. The maximum absolute atomic E-state index is 11.0. The smallest absolute Gasteiger partial charge is 0.269 e. The van der Waals surface area contributed by atoms with Crippen LogP contribution in [-0.2, 0) is 0 Å². The molecule has 1 saturated heterocycles. The Morgan fingerprint density at radius 2 is 1.82 bits per heavy atom. The van der Waals surface area contributed by atoms with Gasteiger partial charge in [-0.25, -0.2) is 0 Å². The molecule has 2 aromatic carbocycles. The van der Waals surface area contributed by atoms with Gasteiger partial charge in [-0.05, 0) is 85.7 Å². The molecule has 0 bridgehead atoms.